The molecule has 2 N–H and O–H groups in total. The molecule has 0 spiro atoms. The molecule has 0 aliphatic carbocycles. The number of hydrogen-bond acceptors (Lipinski definition) is 6. The minimum absolute atomic E-state index is 0.0624. The number of urea groups is 1. The highest BCUT2D eigenvalue weighted by molar-refractivity contribution is 7.90. The third kappa shape index (κ3) is 5.11. The average molecular weight is 427 g/mol. The molecule has 0 unspecified atom stereocenters. The first kappa shape index (κ1) is 21.9. The topological polar surface area (TPSA) is 110 Å². The lowest BCUT2D eigenvalue weighted by Crippen LogP contribution is -2.35. The monoisotopic (exact) mass is 426 g/mol. The number of carbonyl (C=O) groups is 1. The summed E-state index contributed by atoms with van der Waals surface area (Å²) in [5, 5.41) is 9.89. The minimum atomic E-state index is -4.23. The number of rotatable bonds is 6. The van der Waals surface area contributed by atoms with Crippen LogP contribution in [0.3, 0.4) is 0 Å². The zero-order valence-electron chi connectivity index (χ0n) is 16.3. The van der Waals surface area contributed by atoms with Gasteiger partial charge in [-0.3, -0.25) is 0 Å². The van der Waals surface area contributed by atoms with Crippen LogP contribution in [-0.4, -0.2) is 31.8 Å². The van der Waals surface area contributed by atoms with Gasteiger partial charge in [0.2, 0.25) is 5.03 Å². The van der Waals surface area contributed by atoms with E-state index >= 15 is 0 Å². The van der Waals surface area contributed by atoms with E-state index in [-0.39, 0.29) is 17.6 Å². The molecule has 2 aromatic rings. The Labute approximate surface area is 169 Å². The average Bonchev–Trinajstić information content (AvgIpc) is 2.62. The molecule has 8 nitrogen and oxygen atoms in total. The zero-order valence-corrected chi connectivity index (χ0v) is 17.9. The van der Waals surface area contributed by atoms with Crippen LogP contribution in [0.4, 0.5) is 10.5 Å². The number of benzene rings is 1. The van der Waals surface area contributed by atoms with E-state index in [0.29, 0.717) is 10.7 Å². The van der Waals surface area contributed by atoms with Crippen LogP contribution in [0.5, 0.6) is 5.75 Å². The summed E-state index contributed by atoms with van der Waals surface area (Å²) in [5.74, 6) is 0.331. The van der Waals surface area contributed by atoms with Crippen molar-refractivity contribution in [1.29, 1.82) is 0 Å². The fourth-order valence-electron chi connectivity index (χ4n) is 2.59. The number of anilines is 1. The van der Waals surface area contributed by atoms with Crippen molar-refractivity contribution < 1.29 is 17.9 Å². The number of halogens is 1. The van der Waals surface area contributed by atoms with E-state index in [9.17, 15) is 13.2 Å². The van der Waals surface area contributed by atoms with Crippen molar-refractivity contribution >= 4 is 33.3 Å². The highest BCUT2D eigenvalue weighted by Crippen LogP contribution is 2.35. The molecule has 0 saturated carbocycles. The maximum Gasteiger partial charge on any atom is 0.333 e. The molecule has 0 aliphatic rings. The van der Waals surface area contributed by atoms with Gasteiger partial charge in [-0.05, 0) is 35.1 Å². The van der Waals surface area contributed by atoms with Crippen LogP contribution in [0.15, 0.2) is 29.4 Å². The molecule has 152 valence electrons. The standard InChI is InChI=1S/C18H23ClN4O4S/c1-10(2)14-6-12(19)7-15(11(3)4)17(14)21-18(24)23-28(25,26)16-8-13(27-5)9-20-22-16/h6-11H,1-5H3,(H2,21,23,24). The summed E-state index contributed by atoms with van der Waals surface area (Å²) in [7, 11) is -2.86. The summed E-state index contributed by atoms with van der Waals surface area (Å²) in [5.41, 5.74) is 2.16. The lowest BCUT2D eigenvalue weighted by molar-refractivity contribution is 0.256. The smallest absolute Gasteiger partial charge is 0.333 e. The van der Waals surface area contributed by atoms with Crippen molar-refractivity contribution in [1.82, 2.24) is 14.9 Å². The second kappa shape index (κ2) is 8.74. The van der Waals surface area contributed by atoms with Crippen molar-refractivity contribution in [2.24, 2.45) is 0 Å². The quantitative estimate of drug-likeness (QED) is 0.724. The van der Waals surface area contributed by atoms with Crippen molar-refractivity contribution in [3.63, 3.8) is 0 Å². The summed E-state index contributed by atoms with van der Waals surface area (Å²) in [6, 6.07) is 3.78. The Hall–Kier alpha value is -2.39. The number of aromatic nitrogens is 2. The number of sulfonamides is 1. The van der Waals surface area contributed by atoms with Crippen LogP contribution < -0.4 is 14.8 Å². The Kier molecular flexibility index (Phi) is 6.84. The normalized spacial score (nSPS) is 11.6. The van der Waals surface area contributed by atoms with Crippen LogP contribution >= 0.6 is 11.6 Å². The minimum Gasteiger partial charge on any atom is -0.495 e. The van der Waals surface area contributed by atoms with Crippen molar-refractivity contribution in [2.75, 3.05) is 12.4 Å². The molecule has 2 amide bonds. The van der Waals surface area contributed by atoms with E-state index in [1.54, 1.807) is 12.1 Å². The molecule has 1 aromatic heterocycles. The van der Waals surface area contributed by atoms with Gasteiger partial charge in [0.25, 0.3) is 10.0 Å². The Morgan fingerprint density at radius 1 is 1.11 bits per heavy atom. The predicted molar refractivity (Wildman–Crippen MR) is 108 cm³/mol. The molecule has 0 bridgehead atoms. The van der Waals surface area contributed by atoms with Gasteiger partial charge in [-0.15, -0.1) is 5.10 Å². The molecule has 0 atom stereocenters. The van der Waals surface area contributed by atoms with Crippen LogP contribution in [0.25, 0.3) is 0 Å². The molecule has 10 heteroatoms. The van der Waals surface area contributed by atoms with Gasteiger partial charge in [-0.2, -0.15) is 13.5 Å². The van der Waals surface area contributed by atoms with Gasteiger partial charge in [0.15, 0.2) is 0 Å². The molecule has 0 radical (unpaired) electrons. The second-order valence-corrected chi connectivity index (χ2v) is 8.83. The lowest BCUT2D eigenvalue weighted by atomic mass is 9.92. The van der Waals surface area contributed by atoms with Crippen molar-refractivity contribution in [2.45, 2.75) is 44.6 Å². The molecule has 1 heterocycles. The summed E-state index contributed by atoms with van der Waals surface area (Å²) in [4.78, 5) is 12.5. The predicted octanol–water partition coefficient (Wildman–Crippen LogP) is 3.90. The molecular formula is C18H23ClN4O4S. The van der Waals surface area contributed by atoms with Crippen LogP contribution in [0, 0.1) is 0 Å². The first-order valence-corrected chi connectivity index (χ1v) is 10.4. The van der Waals surface area contributed by atoms with Crippen LogP contribution in [0.1, 0.15) is 50.7 Å². The van der Waals surface area contributed by atoms with Crippen LogP contribution in [-0.2, 0) is 10.0 Å². The van der Waals surface area contributed by atoms with Gasteiger partial charge in [-0.25, -0.2) is 9.52 Å². The van der Waals surface area contributed by atoms with E-state index < -0.39 is 21.1 Å². The van der Waals surface area contributed by atoms with E-state index in [2.05, 4.69) is 15.5 Å². The number of nitrogens with one attached hydrogen (secondary N) is 2. The lowest BCUT2D eigenvalue weighted by Gasteiger charge is -2.21. The highest BCUT2D eigenvalue weighted by Gasteiger charge is 2.23. The number of nitrogens with zero attached hydrogens (tertiary/aromatic N) is 2. The van der Waals surface area contributed by atoms with E-state index in [1.165, 1.54) is 19.4 Å². The zero-order chi connectivity index (χ0) is 21.1. The molecule has 28 heavy (non-hydrogen) atoms. The SMILES string of the molecule is COc1cnnc(S(=O)(=O)NC(=O)Nc2c(C(C)C)cc(Cl)cc2C(C)C)c1. The number of carbonyl (C=O) groups excluding carboxylic acids is 1. The third-order valence-corrected chi connectivity index (χ3v) is 5.41. The maximum absolute atomic E-state index is 12.5. The van der Waals surface area contributed by atoms with Gasteiger partial charge in [0.05, 0.1) is 13.3 Å². The summed E-state index contributed by atoms with van der Waals surface area (Å²) in [6.07, 6.45) is 1.26. The Bertz CT molecular complexity index is 948. The third-order valence-electron chi connectivity index (χ3n) is 3.99. The molecule has 0 saturated heterocycles. The Morgan fingerprint density at radius 2 is 1.68 bits per heavy atom. The molecular weight excluding hydrogens is 404 g/mol. The fourth-order valence-corrected chi connectivity index (χ4v) is 3.65. The summed E-state index contributed by atoms with van der Waals surface area (Å²) < 4.78 is 31.8. The molecule has 0 fully saturated rings. The van der Waals surface area contributed by atoms with Gasteiger partial charge in [0.1, 0.15) is 5.75 Å². The first-order chi connectivity index (χ1) is 13.0. The van der Waals surface area contributed by atoms with Gasteiger partial charge in [0, 0.05) is 16.8 Å². The van der Waals surface area contributed by atoms with Gasteiger partial charge in [-0.1, -0.05) is 39.3 Å². The van der Waals surface area contributed by atoms with E-state index in [4.69, 9.17) is 16.3 Å². The number of methoxy groups -OCH3 is 1. The van der Waals surface area contributed by atoms with Crippen molar-refractivity contribution in [3.05, 3.63) is 40.5 Å². The molecule has 0 aliphatic heterocycles. The number of hydrogen-bond donors (Lipinski definition) is 2. The molecule has 2 rings (SSSR count). The Balaban J connectivity index is 2.34. The van der Waals surface area contributed by atoms with E-state index in [1.807, 2.05) is 32.4 Å². The van der Waals surface area contributed by atoms with E-state index in [0.717, 1.165) is 11.1 Å². The highest BCUT2D eigenvalue weighted by atomic mass is 35.5. The summed E-state index contributed by atoms with van der Waals surface area (Å²) >= 11 is 6.21. The fraction of sp³-hybridized carbons (Fsp3) is 0.389. The largest absolute Gasteiger partial charge is 0.495 e. The summed E-state index contributed by atoms with van der Waals surface area (Å²) in [6.45, 7) is 7.84. The molecule has 1 aromatic carbocycles. The van der Waals surface area contributed by atoms with Gasteiger partial charge < -0.3 is 10.1 Å². The number of amides is 2. The van der Waals surface area contributed by atoms with Crippen LogP contribution in [0.2, 0.25) is 5.02 Å². The second-order valence-electron chi connectivity index (χ2n) is 6.76. The number of ether oxygens (including phenoxy) is 1. The van der Waals surface area contributed by atoms with Gasteiger partial charge >= 0.3 is 6.03 Å². The maximum atomic E-state index is 12.5. The Morgan fingerprint density at radius 3 is 2.18 bits per heavy atom. The first-order valence-electron chi connectivity index (χ1n) is 8.59. The van der Waals surface area contributed by atoms with Crippen molar-refractivity contribution in [3.8, 4) is 5.75 Å².